The van der Waals surface area contributed by atoms with Gasteiger partial charge < -0.3 is 9.15 Å². The molecule has 1 aromatic rings. The zero-order chi connectivity index (χ0) is 10.7. The van der Waals surface area contributed by atoms with E-state index in [0.717, 1.165) is 31.6 Å². The van der Waals surface area contributed by atoms with Gasteiger partial charge in [-0.25, -0.2) is 0 Å². The van der Waals surface area contributed by atoms with Gasteiger partial charge in [0.15, 0.2) is 0 Å². The minimum atomic E-state index is -0.0929. The van der Waals surface area contributed by atoms with Crippen molar-refractivity contribution >= 4 is 5.97 Å². The quantitative estimate of drug-likeness (QED) is 0.703. The highest BCUT2D eigenvalue weighted by Crippen LogP contribution is 2.19. The molecule has 1 saturated heterocycles. The lowest BCUT2D eigenvalue weighted by Crippen LogP contribution is -2.23. The van der Waals surface area contributed by atoms with E-state index in [9.17, 15) is 4.79 Å². The third kappa shape index (κ3) is 2.39. The second-order valence-electron chi connectivity index (χ2n) is 3.88. The second kappa shape index (κ2) is 4.49. The Balaban J connectivity index is 1.85. The van der Waals surface area contributed by atoms with Gasteiger partial charge in [0.25, 0.3) is 0 Å². The van der Waals surface area contributed by atoms with Crippen LogP contribution in [0.1, 0.15) is 12.0 Å². The van der Waals surface area contributed by atoms with E-state index in [2.05, 4.69) is 4.90 Å². The first-order valence-corrected chi connectivity index (χ1v) is 5.11. The zero-order valence-electron chi connectivity index (χ0n) is 8.81. The van der Waals surface area contributed by atoms with Crippen molar-refractivity contribution in [1.29, 1.82) is 0 Å². The van der Waals surface area contributed by atoms with Crippen molar-refractivity contribution in [2.24, 2.45) is 5.92 Å². The maximum absolute atomic E-state index is 11.3. The van der Waals surface area contributed by atoms with E-state index < -0.39 is 0 Å². The number of ether oxygens (including phenoxy) is 1. The lowest BCUT2D eigenvalue weighted by atomic mass is 10.1. The molecule has 1 fully saturated rings. The fourth-order valence-electron chi connectivity index (χ4n) is 1.98. The molecule has 4 nitrogen and oxygen atoms in total. The summed E-state index contributed by atoms with van der Waals surface area (Å²) in [6.07, 6.45) is 4.30. The number of carbonyl (C=O) groups excluding carboxylic acids is 1. The molecule has 0 radical (unpaired) electrons. The van der Waals surface area contributed by atoms with Crippen LogP contribution in [0, 0.1) is 5.92 Å². The molecule has 1 aliphatic rings. The predicted octanol–water partition coefficient (Wildman–Crippen LogP) is 1.27. The van der Waals surface area contributed by atoms with Crippen LogP contribution in [0.3, 0.4) is 0 Å². The van der Waals surface area contributed by atoms with Crippen LogP contribution in [0.5, 0.6) is 0 Å². The summed E-state index contributed by atoms with van der Waals surface area (Å²) in [5.41, 5.74) is 1.15. The third-order valence-corrected chi connectivity index (χ3v) is 2.79. The van der Waals surface area contributed by atoms with Crippen molar-refractivity contribution < 1.29 is 13.9 Å². The molecule has 2 rings (SSSR count). The molecule has 0 amide bonds. The van der Waals surface area contributed by atoms with E-state index in [1.165, 1.54) is 7.11 Å². The van der Waals surface area contributed by atoms with Crippen LogP contribution in [0.15, 0.2) is 23.0 Å². The summed E-state index contributed by atoms with van der Waals surface area (Å²) in [5, 5.41) is 0. The van der Waals surface area contributed by atoms with Gasteiger partial charge in [-0.2, -0.15) is 0 Å². The molecule has 2 heterocycles. The number of rotatable bonds is 3. The Hall–Kier alpha value is -1.29. The number of nitrogens with zero attached hydrogens (tertiary/aromatic N) is 1. The number of methoxy groups -OCH3 is 1. The maximum Gasteiger partial charge on any atom is 0.310 e. The van der Waals surface area contributed by atoms with Crippen LogP contribution in [0.4, 0.5) is 0 Å². The summed E-state index contributed by atoms with van der Waals surface area (Å²) in [5.74, 6) is -0.0494. The molecular formula is C11H15NO3. The van der Waals surface area contributed by atoms with Crippen LogP contribution in [0.2, 0.25) is 0 Å². The van der Waals surface area contributed by atoms with Crippen molar-refractivity contribution in [3.05, 3.63) is 24.2 Å². The number of hydrogen-bond acceptors (Lipinski definition) is 4. The van der Waals surface area contributed by atoms with Gasteiger partial charge in [-0.3, -0.25) is 9.69 Å². The molecule has 1 aromatic heterocycles. The summed E-state index contributed by atoms with van der Waals surface area (Å²) in [4.78, 5) is 13.5. The molecule has 0 N–H and O–H groups in total. The minimum absolute atomic E-state index is 0.0434. The van der Waals surface area contributed by atoms with Crippen LogP contribution < -0.4 is 0 Å². The van der Waals surface area contributed by atoms with E-state index in [0.29, 0.717) is 0 Å². The first-order chi connectivity index (χ1) is 7.29. The van der Waals surface area contributed by atoms with Gasteiger partial charge in [-0.1, -0.05) is 0 Å². The van der Waals surface area contributed by atoms with E-state index in [1.54, 1.807) is 12.5 Å². The summed E-state index contributed by atoms with van der Waals surface area (Å²) in [7, 11) is 1.45. The van der Waals surface area contributed by atoms with Gasteiger partial charge in [0.05, 0.1) is 25.6 Å². The van der Waals surface area contributed by atoms with Gasteiger partial charge in [-0.15, -0.1) is 0 Å². The van der Waals surface area contributed by atoms with Gasteiger partial charge >= 0.3 is 5.97 Å². The standard InChI is InChI=1S/C11H15NO3/c1-14-11(13)10-2-4-12(7-10)6-9-3-5-15-8-9/h3,5,8,10H,2,4,6-7H2,1H3. The summed E-state index contributed by atoms with van der Waals surface area (Å²) in [6.45, 7) is 2.59. The van der Waals surface area contributed by atoms with E-state index in [4.69, 9.17) is 9.15 Å². The highest BCUT2D eigenvalue weighted by atomic mass is 16.5. The summed E-state index contributed by atoms with van der Waals surface area (Å²) in [6, 6.07) is 1.95. The van der Waals surface area contributed by atoms with Crippen molar-refractivity contribution in [3.8, 4) is 0 Å². The van der Waals surface area contributed by atoms with Crippen LogP contribution in [0.25, 0.3) is 0 Å². The van der Waals surface area contributed by atoms with Crippen molar-refractivity contribution in [2.75, 3.05) is 20.2 Å². The number of hydrogen-bond donors (Lipinski definition) is 0. The normalized spacial score (nSPS) is 21.8. The van der Waals surface area contributed by atoms with Gasteiger partial charge in [0, 0.05) is 18.7 Å². The Morgan fingerprint density at radius 3 is 3.27 bits per heavy atom. The van der Waals surface area contributed by atoms with Crippen molar-refractivity contribution in [3.63, 3.8) is 0 Å². The SMILES string of the molecule is COC(=O)C1CCN(Cc2ccoc2)C1. The largest absolute Gasteiger partial charge is 0.472 e. The lowest BCUT2D eigenvalue weighted by molar-refractivity contribution is -0.144. The molecule has 1 atom stereocenters. The number of furan rings is 1. The fourth-order valence-corrected chi connectivity index (χ4v) is 1.98. The molecule has 1 unspecified atom stereocenters. The van der Waals surface area contributed by atoms with Gasteiger partial charge in [0.2, 0.25) is 0 Å². The Morgan fingerprint density at radius 2 is 2.60 bits per heavy atom. The first-order valence-electron chi connectivity index (χ1n) is 5.11. The van der Waals surface area contributed by atoms with E-state index >= 15 is 0 Å². The Bertz CT molecular complexity index is 321. The van der Waals surface area contributed by atoms with Crippen LogP contribution >= 0.6 is 0 Å². The van der Waals surface area contributed by atoms with Crippen LogP contribution in [-0.4, -0.2) is 31.1 Å². The second-order valence-corrected chi connectivity index (χ2v) is 3.88. The minimum Gasteiger partial charge on any atom is -0.472 e. The predicted molar refractivity (Wildman–Crippen MR) is 54.1 cm³/mol. The fraction of sp³-hybridized carbons (Fsp3) is 0.545. The van der Waals surface area contributed by atoms with Crippen molar-refractivity contribution in [2.45, 2.75) is 13.0 Å². The highest BCUT2D eigenvalue weighted by Gasteiger charge is 2.28. The topological polar surface area (TPSA) is 42.7 Å². The summed E-state index contributed by atoms with van der Waals surface area (Å²) < 4.78 is 9.74. The molecule has 0 saturated carbocycles. The molecule has 15 heavy (non-hydrogen) atoms. The molecule has 0 spiro atoms. The Labute approximate surface area is 88.8 Å². The van der Waals surface area contributed by atoms with E-state index in [1.807, 2.05) is 6.07 Å². The average molecular weight is 209 g/mol. The summed E-state index contributed by atoms with van der Waals surface area (Å²) >= 11 is 0. The van der Waals surface area contributed by atoms with Gasteiger partial charge in [-0.05, 0) is 19.0 Å². The highest BCUT2D eigenvalue weighted by molar-refractivity contribution is 5.72. The van der Waals surface area contributed by atoms with Crippen LogP contribution in [-0.2, 0) is 16.1 Å². The molecule has 0 bridgehead atoms. The monoisotopic (exact) mass is 209 g/mol. The molecule has 1 aliphatic heterocycles. The third-order valence-electron chi connectivity index (χ3n) is 2.79. The smallest absolute Gasteiger partial charge is 0.310 e. The Morgan fingerprint density at radius 1 is 1.73 bits per heavy atom. The number of esters is 1. The lowest BCUT2D eigenvalue weighted by Gasteiger charge is -2.13. The molecule has 82 valence electrons. The zero-order valence-corrected chi connectivity index (χ0v) is 8.81. The van der Waals surface area contributed by atoms with Gasteiger partial charge in [0.1, 0.15) is 0 Å². The first kappa shape index (κ1) is 10.2. The molecular weight excluding hydrogens is 194 g/mol. The molecule has 4 heteroatoms. The maximum atomic E-state index is 11.3. The Kier molecular flexibility index (Phi) is 3.06. The molecule has 0 aliphatic carbocycles. The van der Waals surface area contributed by atoms with Crippen molar-refractivity contribution in [1.82, 2.24) is 4.90 Å². The molecule has 0 aromatic carbocycles. The van der Waals surface area contributed by atoms with E-state index in [-0.39, 0.29) is 11.9 Å². The number of carbonyl (C=O) groups is 1. The average Bonchev–Trinajstić information content (AvgIpc) is 2.88. The number of likely N-dealkylation sites (tertiary alicyclic amines) is 1.